The Morgan fingerprint density at radius 3 is 1.84 bits per heavy atom. The Hall–Kier alpha value is -3.91. The molecule has 5 aromatic rings. The summed E-state index contributed by atoms with van der Waals surface area (Å²) in [6.45, 7) is 4.28. The summed E-state index contributed by atoms with van der Waals surface area (Å²) in [6.07, 6.45) is 0. The van der Waals surface area contributed by atoms with Crippen LogP contribution in [0.2, 0.25) is 0 Å². The van der Waals surface area contributed by atoms with Gasteiger partial charge in [0.2, 0.25) is 5.89 Å². The van der Waals surface area contributed by atoms with Crippen molar-refractivity contribution >= 4 is 0 Å². The van der Waals surface area contributed by atoms with Crippen LogP contribution in [-0.2, 0) is 0 Å². The summed E-state index contributed by atoms with van der Waals surface area (Å²) in [7, 11) is 0. The average Bonchev–Trinajstić information content (AvgIpc) is 3.27. The Bertz CT molecular complexity index is 1280. The van der Waals surface area contributed by atoms with E-state index < -0.39 is 0 Å². The van der Waals surface area contributed by atoms with Crippen molar-refractivity contribution in [2.24, 2.45) is 0 Å². The zero-order chi connectivity index (χ0) is 21.2. The number of aryl methyl sites for hydroxylation is 2. The first-order valence-corrected chi connectivity index (χ1v) is 10.5. The second-order valence-corrected chi connectivity index (χ2v) is 7.77. The molecular weight excluding hydrogens is 378 g/mol. The van der Waals surface area contributed by atoms with Gasteiger partial charge in [0.05, 0.1) is 0 Å². The first kappa shape index (κ1) is 19.1. The van der Waals surface area contributed by atoms with Gasteiger partial charge < -0.3 is 4.42 Å². The van der Waals surface area contributed by atoms with E-state index in [1.807, 2.05) is 42.5 Å². The Labute approximate surface area is 182 Å². The molecule has 0 radical (unpaired) electrons. The van der Waals surface area contributed by atoms with Gasteiger partial charge in [0.15, 0.2) is 5.76 Å². The van der Waals surface area contributed by atoms with E-state index in [1.165, 1.54) is 16.7 Å². The molecule has 150 valence electrons. The van der Waals surface area contributed by atoms with Crippen LogP contribution in [-0.4, -0.2) is 4.98 Å². The molecule has 0 amide bonds. The molecule has 0 fully saturated rings. The third kappa shape index (κ3) is 3.69. The largest absolute Gasteiger partial charge is 0.435 e. The summed E-state index contributed by atoms with van der Waals surface area (Å²) in [4.78, 5) is 4.99. The van der Waals surface area contributed by atoms with Gasteiger partial charge in [-0.1, -0.05) is 97.1 Å². The fourth-order valence-corrected chi connectivity index (χ4v) is 3.84. The van der Waals surface area contributed by atoms with Gasteiger partial charge in [0.1, 0.15) is 5.69 Å². The monoisotopic (exact) mass is 401 g/mol. The molecule has 4 aromatic carbocycles. The highest BCUT2D eigenvalue weighted by molar-refractivity contribution is 5.84. The first-order valence-electron chi connectivity index (χ1n) is 10.5. The summed E-state index contributed by atoms with van der Waals surface area (Å²) in [5.41, 5.74) is 8.75. The number of oxazole rings is 1. The Balaban J connectivity index is 1.71. The Morgan fingerprint density at radius 1 is 0.548 bits per heavy atom. The van der Waals surface area contributed by atoms with E-state index in [4.69, 9.17) is 9.40 Å². The lowest BCUT2D eigenvalue weighted by Gasteiger charge is -2.09. The number of aromatic nitrogens is 1. The van der Waals surface area contributed by atoms with E-state index in [-0.39, 0.29) is 0 Å². The van der Waals surface area contributed by atoms with Crippen molar-refractivity contribution in [1.29, 1.82) is 0 Å². The summed E-state index contributed by atoms with van der Waals surface area (Å²) < 4.78 is 6.45. The number of benzene rings is 4. The molecule has 0 saturated carbocycles. The topological polar surface area (TPSA) is 26.0 Å². The van der Waals surface area contributed by atoms with E-state index in [0.29, 0.717) is 5.89 Å². The van der Waals surface area contributed by atoms with Crippen molar-refractivity contribution in [2.45, 2.75) is 13.8 Å². The van der Waals surface area contributed by atoms with E-state index in [9.17, 15) is 0 Å². The van der Waals surface area contributed by atoms with Gasteiger partial charge in [-0.15, -0.1) is 0 Å². The van der Waals surface area contributed by atoms with Gasteiger partial charge in [0.25, 0.3) is 0 Å². The van der Waals surface area contributed by atoms with Crippen LogP contribution in [0.4, 0.5) is 0 Å². The molecular formula is C29H23NO. The zero-order valence-electron chi connectivity index (χ0n) is 17.7. The molecule has 0 aliphatic heterocycles. The predicted octanol–water partition coefficient (Wildman–Crippen LogP) is 7.96. The first-order chi connectivity index (χ1) is 15.2. The molecule has 0 atom stereocenters. The van der Waals surface area contributed by atoms with E-state index >= 15 is 0 Å². The lowest BCUT2D eigenvalue weighted by molar-refractivity contribution is 0.589. The van der Waals surface area contributed by atoms with Gasteiger partial charge in [-0.2, -0.15) is 0 Å². The van der Waals surface area contributed by atoms with Crippen LogP contribution in [0.25, 0.3) is 45.2 Å². The van der Waals surface area contributed by atoms with Crippen LogP contribution >= 0.6 is 0 Å². The smallest absolute Gasteiger partial charge is 0.227 e. The summed E-state index contributed by atoms with van der Waals surface area (Å²) in [6, 6.07) is 35.3. The molecule has 1 aromatic heterocycles. The van der Waals surface area contributed by atoms with Crippen LogP contribution in [0.1, 0.15) is 11.1 Å². The normalized spacial score (nSPS) is 10.9. The van der Waals surface area contributed by atoms with Crippen molar-refractivity contribution in [3.05, 3.63) is 114 Å². The lowest BCUT2D eigenvalue weighted by Crippen LogP contribution is -1.88. The second-order valence-electron chi connectivity index (χ2n) is 7.77. The molecule has 0 aliphatic carbocycles. The predicted molar refractivity (Wildman–Crippen MR) is 128 cm³/mol. The van der Waals surface area contributed by atoms with Gasteiger partial charge in [-0.05, 0) is 42.2 Å². The molecule has 0 N–H and O–H groups in total. The average molecular weight is 402 g/mol. The van der Waals surface area contributed by atoms with Crippen molar-refractivity contribution in [3.63, 3.8) is 0 Å². The van der Waals surface area contributed by atoms with Crippen molar-refractivity contribution in [3.8, 4) is 45.2 Å². The summed E-state index contributed by atoms with van der Waals surface area (Å²) >= 11 is 0. The maximum atomic E-state index is 6.45. The SMILES string of the molecule is Cc1ccc(-c2ccccc2-c2nc(-c3ccccc3)c(-c3ccccc3)o2)cc1C. The van der Waals surface area contributed by atoms with Crippen LogP contribution in [0, 0.1) is 13.8 Å². The molecule has 0 aliphatic rings. The lowest BCUT2D eigenvalue weighted by atomic mass is 9.96. The number of hydrogen-bond donors (Lipinski definition) is 0. The number of nitrogens with zero attached hydrogens (tertiary/aromatic N) is 1. The number of rotatable bonds is 4. The van der Waals surface area contributed by atoms with Crippen molar-refractivity contribution in [1.82, 2.24) is 4.98 Å². The quantitative estimate of drug-likeness (QED) is 0.305. The van der Waals surface area contributed by atoms with Crippen LogP contribution in [0.5, 0.6) is 0 Å². The van der Waals surface area contributed by atoms with Gasteiger partial charge >= 0.3 is 0 Å². The van der Waals surface area contributed by atoms with Gasteiger partial charge in [-0.3, -0.25) is 0 Å². The van der Waals surface area contributed by atoms with Crippen LogP contribution in [0.3, 0.4) is 0 Å². The molecule has 0 unspecified atom stereocenters. The molecule has 2 nitrogen and oxygen atoms in total. The van der Waals surface area contributed by atoms with Gasteiger partial charge in [0, 0.05) is 16.7 Å². The summed E-state index contributed by atoms with van der Waals surface area (Å²) in [5, 5.41) is 0. The Kier molecular flexibility index (Phi) is 4.97. The molecule has 0 bridgehead atoms. The minimum absolute atomic E-state index is 0.631. The highest BCUT2D eigenvalue weighted by atomic mass is 16.4. The highest BCUT2D eigenvalue weighted by Crippen LogP contribution is 2.39. The van der Waals surface area contributed by atoms with E-state index in [0.717, 1.165) is 33.7 Å². The third-order valence-electron chi connectivity index (χ3n) is 5.69. The molecule has 5 rings (SSSR count). The maximum Gasteiger partial charge on any atom is 0.227 e. The molecule has 31 heavy (non-hydrogen) atoms. The fourth-order valence-electron chi connectivity index (χ4n) is 3.84. The van der Waals surface area contributed by atoms with Crippen molar-refractivity contribution in [2.75, 3.05) is 0 Å². The standard InChI is InChI=1S/C29H23NO/c1-20-17-18-24(19-21(20)2)25-15-9-10-16-26(25)29-30-27(22-11-5-3-6-12-22)28(31-29)23-13-7-4-8-14-23/h3-19H,1-2H3. The maximum absolute atomic E-state index is 6.45. The van der Waals surface area contributed by atoms with Gasteiger partial charge in [-0.25, -0.2) is 4.98 Å². The minimum Gasteiger partial charge on any atom is -0.435 e. The minimum atomic E-state index is 0.631. The molecule has 1 heterocycles. The van der Waals surface area contributed by atoms with E-state index in [2.05, 4.69) is 74.5 Å². The van der Waals surface area contributed by atoms with E-state index in [1.54, 1.807) is 0 Å². The summed E-state index contributed by atoms with van der Waals surface area (Å²) in [5.74, 6) is 1.42. The zero-order valence-corrected chi connectivity index (χ0v) is 17.7. The second kappa shape index (κ2) is 8.08. The number of hydrogen-bond acceptors (Lipinski definition) is 2. The Morgan fingerprint density at radius 2 is 1.16 bits per heavy atom. The molecule has 2 heteroatoms. The van der Waals surface area contributed by atoms with Crippen LogP contribution in [0.15, 0.2) is 108 Å². The van der Waals surface area contributed by atoms with Crippen molar-refractivity contribution < 1.29 is 4.42 Å². The third-order valence-corrected chi connectivity index (χ3v) is 5.69. The molecule has 0 spiro atoms. The highest BCUT2D eigenvalue weighted by Gasteiger charge is 2.20. The van der Waals surface area contributed by atoms with Crippen LogP contribution < -0.4 is 0 Å². The fraction of sp³-hybridized carbons (Fsp3) is 0.0690. The molecule has 0 saturated heterocycles.